The maximum Gasteiger partial charge on any atom is 0.264 e. The fourth-order valence-corrected chi connectivity index (χ4v) is 4.76. The Bertz CT molecular complexity index is 1110. The van der Waals surface area contributed by atoms with Crippen LogP contribution in [0.4, 0.5) is 14.5 Å². The number of sulfonamides is 1. The zero-order chi connectivity index (χ0) is 20.5. The van der Waals surface area contributed by atoms with E-state index in [2.05, 4.69) is 0 Å². The maximum atomic E-state index is 14.4. The van der Waals surface area contributed by atoms with Gasteiger partial charge in [-0.05, 0) is 62.2 Å². The van der Waals surface area contributed by atoms with Crippen LogP contribution in [-0.4, -0.2) is 8.42 Å². The van der Waals surface area contributed by atoms with Crippen molar-refractivity contribution in [2.45, 2.75) is 31.7 Å². The van der Waals surface area contributed by atoms with E-state index in [1.54, 1.807) is 50.2 Å². The molecule has 0 bridgehead atoms. The van der Waals surface area contributed by atoms with Gasteiger partial charge in [-0.25, -0.2) is 17.2 Å². The normalized spacial score (nSPS) is 12.6. The summed E-state index contributed by atoms with van der Waals surface area (Å²) >= 11 is 0. The third kappa shape index (κ3) is 3.78. The Hall–Kier alpha value is -2.73. The molecular weight excluding hydrogens is 380 g/mol. The second kappa shape index (κ2) is 7.72. The van der Waals surface area contributed by atoms with Gasteiger partial charge in [0.1, 0.15) is 11.6 Å². The van der Waals surface area contributed by atoms with Gasteiger partial charge in [-0.2, -0.15) is 0 Å². The first-order valence-electron chi connectivity index (χ1n) is 8.83. The van der Waals surface area contributed by atoms with Crippen molar-refractivity contribution in [1.82, 2.24) is 0 Å². The van der Waals surface area contributed by atoms with Gasteiger partial charge in [0.2, 0.25) is 0 Å². The lowest BCUT2D eigenvalue weighted by Crippen LogP contribution is -2.34. The summed E-state index contributed by atoms with van der Waals surface area (Å²) in [4.78, 5) is -0.180. The van der Waals surface area contributed by atoms with E-state index in [1.165, 1.54) is 18.2 Å². The van der Waals surface area contributed by atoms with Crippen molar-refractivity contribution in [3.63, 3.8) is 0 Å². The van der Waals surface area contributed by atoms with Crippen LogP contribution in [0.1, 0.15) is 29.7 Å². The van der Waals surface area contributed by atoms with E-state index in [4.69, 9.17) is 0 Å². The molecule has 6 heteroatoms. The molecule has 0 aliphatic heterocycles. The van der Waals surface area contributed by atoms with E-state index in [1.807, 2.05) is 13.0 Å². The number of rotatable bonds is 5. The molecule has 3 aromatic carbocycles. The van der Waals surface area contributed by atoms with Crippen LogP contribution in [0.25, 0.3) is 0 Å². The fourth-order valence-electron chi connectivity index (χ4n) is 3.12. The molecule has 0 spiro atoms. The third-order valence-corrected chi connectivity index (χ3v) is 6.56. The molecule has 146 valence electrons. The van der Waals surface area contributed by atoms with E-state index in [-0.39, 0.29) is 10.5 Å². The van der Waals surface area contributed by atoms with E-state index < -0.39 is 27.7 Å². The SMILES string of the molecule is Cc1cccc(N([C@@H](C)c2ccccc2F)S(=O)(=O)c2ccc(C)c(F)c2)c1. The lowest BCUT2D eigenvalue weighted by atomic mass is 10.1. The summed E-state index contributed by atoms with van der Waals surface area (Å²) < 4.78 is 56.6. The summed E-state index contributed by atoms with van der Waals surface area (Å²) in [6, 6.07) is 15.9. The Morgan fingerprint density at radius 2 is 1.57 bits per heavy atom. The van der Waals surface area contributed by atoms with E-state index in [9.17, 15) is 17.2 Å². The highest BCUT2D eigenvalue weighted by Gasteiger charge is 2.32. The number of nitrogens with zero attached hydrogens (tertiary/aromatic N) is 1. The van der Waals surface area contributed by atoms with Crippen LogP contribution in [0.15, 0.2) is 71.6 Å². The first-order valence-corrected chi connectivity index (χ1v) is 10.3. The quantitative estimate of drug-likeness (QED) is 0.563. The van der Waals surface area contributed by atoms with Crippen LogP contribution in [-0.2, 0) is 10.0 Å². The molecule has 0 aliphatic rings. The molecule has 0 amide bonds. The largest absolute Gasteiger partial charge is 0.264 e. The number of hydrogen-bond acceptors (Lipinski definition) is 2. The summed E-state index contributed by atoms with van der Waals surface area (Å²) in [6.07, 6.45) is 0. The summed E-state index contributed by atoms with van der Waals surface area (Å²) in [6.45, 7) is 5.02. The Balaban J connectivity index is 2.21. The van der Waals surface area contributed by atoms with Crippen molar-refractivity contribution in [3.05, 3.63) is 95.1 Å². The Morgan fingerprint density at radius 3 is 2.21 bits per heavy atom. The Morgan fingerprint density at radius 1 is 0.857 bits per heavy atom. The smallest absolute Gasteiger partial charge is 0.259 e. The molecule has 3 rings (SSSR count). The monoisotopic (exact) mass is 401 g/mol. The van der Waals surface area contributed by atoms with Gasteiger partial charge in [-0.1, -0.05) is 36.4 Å². The molecule has 0 saturated carbocycles. The van der Waals surface area contributed by atoms with Crippen LogP contribution >= 0.6 is 0 Å². The molecule has 0 saturated heterocycles. The van der Waals surface area contributed by atoms with Gasteiger partial charge in [0.25, 0.3) is 10.0 Å². The number of aryl methyl sites for hydroxylation is 2. The molecule has 3 nitrogen and oxygen atoms in total. The lowest BCUT2D eigenvalue weighted by Gasteiger charge is -2.31. The van der Waals surface area contributed by atoms with Gasteiger partial charge >= 0.3 is 0 Å². The minimum absolute atomic E-state index is 0.180. The van der Waals surface area contributed by atoms with Crippen molar-refractivity contribution in [2.75, 3.05) is 4.31 Å². The van der Waals surface area contributed by atoms with Crippen molar-refractivity contribution in [1.29, 1.82) is 0 Å². The van der Waals surface area contributed by atoms with Crippen LogP contribution in [0, 0.1) is 25.5 Å². The zero-order valence-electron chi connectivity index (χ0n) is 15.9. The number of anilines is 1. The van der Waals surface area contributed by atoms with Crippen LogP contribution < -0.4 is 4.31 Å². The molecule has 0 radical (unpaired) electrons. The third-order valence-electron chi connectivity index (χ3n) is 4.66. The number of halogens is 2. The predicted octanol–water partition coefficient (Wildman–Crippen LogP) is 5.54. The molecule has 3 aromatic rings. The van der Waals surface area contributed by atoms with Gasteiger partial charge in [-0.15, -0.1) is 0 Å². The van der Waals surface area contributed by atoms with Crippen LogP contribution in [0.3, 0.4) is 0 Å². The molecular formula is C22H21F2NO2S. The molecule has 1 atom stereocenters. The van der Waals surface area contributed by atoms with Gasteiger partial charge in [0, 0.05) is 5.56 Å². The molecule has 0 N–H and O–H groups in total. The molecule has 28 heavy (non-hydrogen) atoms. The van der Waals surface area contributed by atoms with Gasteiger partial charge < -0.3 is 0 Å². The zero-order valence-corrected chi connectivity index (χ0v) is 16.7. The maximum absolute atomic E-state index is 14.4. The standard InChI is InChI=1S/C22H21F2NO2S/c1-15-7-6-8-18(13-15)25(17(3)20-9-4-5-10-21(20)23)28(26,27)19-12-11-16(2)22(24)14-19/h4-14,17H,1-3H3/t17-/m0/s1. The summed E-state index contributed by atoms with van der Waals surface area (Å²) in [5, 5.41) is 0. The minimum atomic E-state index is -4.15. The second-order valence-corrected chi connectivity index (χ2v) is 8.56. The summed E-state index contributed by atoms with van der Waals surface area (Å²) in [5.41, 5.74) is 1.83. The second-order valence-electron chi connectivity index (χ2n) is 6.75. The lowest BCUT2D eigenvalue weighted by molar-refractivity contribution is 0.566. The molecule has 0 aromatic heterocycles. The van der Waals surface area contributed by atoms with Crippen molar-refractivity contribution >= 4 is 15.7 Å². The fraction of sp³-hybridized carbons (Fsp3) is 0.182. The first kappa shape index (κ1) is 20.0. The molecule has 0 heterocycles. The first-order chi connectivity index (χ1) is 13.2. The Labute approximate surface area is 164 Å². The molecule has 0 fully saturated rings. The van der Waals surface area contributed by atoms with Gasteiger partial charge in [0.15, 0.2) is 0 Å². The van der Waals surface area contributed by atoms with Gasteiger partial charge in [0.05, 0.1) is 16.6 Å². The van der Waals surface area contributed by atoms with Crippen molar-refractivity contribution in [2.24, 2.45) is 0 Å². The van der Waals surface area contributed by atoms with E-state index in [0.717, 1.165) is 15.9 Å². The minimum Gasteiger partial charge on any atom is -0.259 e. The number of hydrogen-bond donors (Lipinski definition) is 0. The van der Waals surface area contributed by atoms with Crippen molar-refractivity contribution in [3.8, 4) is 0 Å². The van der Waals surface area contributed by atoms with E-state index in [0.29, 0.717) is 11.3 Å². The van der Waals surface area contributed by atoms with Crippen molar-refractivity contribution < 1.29 is 17.2 Å². The molecule has 0 aliphatic carbocycles. The predicted molar refractivity (Wildman–Crippen MR) is 107 cm³/mol. The average molecular weight is 401 g/mol. The summed E-state index contributed by atoms with van der Waals surface area (Å²) in [5.74, 6) is -1.11. The highest BCUT2D eigenvalue weighted by molar-refractivity contribution is 7.92. The molecule has 0 unspecified atom stereocenters. The van der Waals surface area contributed by atoms with Crippen LogP contribution in [0.2, 0.25) is 0 Å². The highest BCUT2D eigenvalue weighted by Crippen LogP contribution is 2.34. The van der Waals surface area contributed by atoms with Crippen LogP contribution in [0.5, 0.6) is 0 Å². The number of benzene rings is 3. The topological polar surface area (TPSA) is 37.4 Å². The average Bonchev–Trinajstić information content (AvgIpc) is 2.64. The Kier molecular flexibility index (Phi) is 5.52. The van der Waals surface area contributed by atoms with E-state index >= 15 is 0 Å². The highest BCUT2D eigenvalue weighted by atomic mass is 32.2. The van der Waals surface area contributed by atoms with Gasteiger partial charge in [-0.3, -0.25) is 4.31 Å². The summed E-state index contributed by atoms with van der Waals surface area (Å²) in [7, 11) is -4.15.